The average Bonchev–Trinajstić information content (AvgIpc) is 2.33. The molecule has 0 aromatic rings. The van der Waals surface area contributed by atoms with Gasteiger partial charge < -0.3 is 30.6 Å². The third-order valence-corrected chi connectivity index (χ3v) is 2.37. The third kappa shape index (κ3) is 3.53. The van der Waals surface area contributed by atoms with Crippen molar-refractivity contribution < 1.29 is 40.2 Å². The molecule has 3 unspecified atom stereocenters. The molecule has 0 aliphatic rings. The number of aliphatic hydroxyl groups excluding tert-OH is 4. The molecule has 0 bridgehead atoms. The maximum absolute atomic E-state index is 11.3. The Bertz CT molecular complexity index is 287. The van der Waals surface area contributed by atoms with E-state index >= 15 is 0 Å². The van der Waals surface area contributed by atoms with Crippen molar-refractivity contribution in [2.45, 2.75) is 24.9 Å². The standard InChI is InChI=1S/C9H16O8/c1-4(7(14)5(12)2-10)9(16,17)8(15)6(13)3-11/h4-6,10-13,16-17H,2-3H2,1H3. The summed E-state index contributed by atoms with van der Waals surface area (Å²) in [5.41, 5.74) is 0. The van der Waals surface area contributed by atoms with Gasteiger partial charge in [0, 0.05) is 0 Å². The number of aliphatic hydroxyl groups is 6. The summed E-state index contributed by atoms with van der Waals surface area (Å²) in [5.74, 6) is -7.73. The van der Waals surface area contributed by atoms with Crippen molar-refractivity contribution in [2.75, 3.05) is 13.2 Å². The van der Waals surface area contributed by atoms with Crippen LogP contribution in [0.2, 0.25) is 0 Å². The maximum atomic E-state index is 11.3. The lowest BCUT2D eigenvalue weighted by molar-refractivity contribution is -0.211. The maximum Gasteiger partial charge on any atom is 0.236 e. The first-order valence-electron chi connectivity index (χ1n) is 4.80. The van der Waals surface area contributed by atoms with Gasteiger partial charge in [0.05, 0.1) is 19.1 Å². The van der Waals surface area contributed by atoms with E-state index in [2.05, 4.69) is 0 Å². The second kappa shape index (κ2) is 6.15. The number of Topliss-reactive ketones (excluding diaryl/α,β-unsaturated/α-hetero) is 2. The molecule has 3 atom stereocenters. The fraction of sp³-hybridized carbons (Fsp3) is 0.778. The highest BCUT2D eigenvalue weighted by molar-refractivity contribution is 5.96. The van der Waals surface area contributed by atoms with Crippen molar-refractivity contribution in [1.29, 1.82) is 0 Å². The largest absolute Gasteiger partial charge is 0.393 e. The molecule has 0 rings (SSSR count). The number of carbonyl (C=O) groups excluding carboxylic acids is 2. The van der Waals surface area contributed by atoms with E-state index in [4.69, 9.17) is 20.4 Å². The summed E-state index contributed by atoms with van der Waals surface area (Å²) in [5, 5.41) is 53.7. The van der Waals surface area contributed by atoms with Crippen LogP contribution < -0.4 is 0 Å². The van der Waals surface area contributed by atoms with E-state index in [0.29, 0.717) is 0 Å². The van der Waals surface area contributed by atoms with Gasteiger partial charge in [0.15, 0.2) is 5.78 Å². The number of hydrogen-bond donors (Lipinski definition) is 6. The Morgan fingerprint density at radius 3 is 1.82 bits per heavy atom. The first-order chi connectivity index (χ1) is 7.69. The van der Waals surface area contributed by atoms with E-state index in [1.807, 2.05) is 0 Å². The molecule has 0 saturated carbocycles. The van der Waals surface area contributed by atoms with Crippen LogP contribution in [-0.2, 0) is 9.59 Å². The average molecular weight is 252 g/mol. The number of rotatable bonds is 7. The molecular formula is C9H16O8. The van der Waals surface area contributed by atoms with Gasteiger partial charge in [-0.2, -0.15) is 0 Å². The summed E-state index contributed by atoms with van der Waals surface area (Å²) in [4.78, 5) is 22.6. The molecule has 8 heteroatoms. The van der Waals surface area contributed by atoms with Crippen molar-refractivity contribution in [3.05, 3.63) is 0 Å². The van der Waals surface area contributed by atoms with Gasteiger partial charge in [0.25, 0.3) is 0 Å². The Labute approximate surface area is 96.7 Å². The fourth-order valence-corrected chi connectivity index (χ4v) is 1.12. The number of ketones is 2. The van der Waals surface area contributed by atoms with E-state index in [1.165, 1.54) is 0 Å². The predicted octanol–water partition coefficient (Wildman–Crippen LogP) is -3.85. The molecule has 0 aliphatic heterocycles. The zero-order valence-corrected chi connectivity index (χ0v) is 9.15. The molecule has 17 heavy (non-hydrogen) atoms. The van der Waals surface area contributed by atoms with Crippen LogP contribution in [-0.4, -0.2) is 73.4 Å². The van der Waals surface area contributed by atoms with Crippen LogP contribution in [0.3, 0.4) is 0 Å². The fourth-order valence-electron chi connectivity index (χ4n) is 1.12. The molecule has 100 valence electrons. The van der Waals surface area contributed by atoms with Gasteiger partial charge >= 0.3 is 0 Å². The SMILES string of the molecule is CC(C(=O)C(O)CO)C(O)(O)C(=O)C(O)CO. The first kappa shape index (κ1) is 16.1. The molecule has 0 aliphatic carbocycles. The third-order valence-electron chi connectivity index (χ3n) is 2.37. The van der Waals surface area contributed by atoms with Crippen LogP contribution in [0.4, 0.5) is 0 Å². The molecule has 0 aromatic carbocycles. The summed E-state index contributed by atoms with van der Waals surface area (Å²) in [6.07, 6.45) is -3.91. The van der Waals surface area contributed by atoms with Gasteiger partial charge in [0.2, 0.25) is 11.6 Å². The van der Waals surface area contributed by atoms with Crippen molar-refractivity contribution in [1.82, 2.24) is 0 Å². The first-order valence-corrected chi connectivity index (χ1v) is 4.80. The van der Waals surface area contributed by atoms with Gasteiger partial charge in [-0.05, 0) is 6.92 Å². The van der Waals surface area contributed by atoms with E-state index in [-0.39, 0.29) is 0 Å². The van der Waals surface area contributed by atoms with E-state index in [9.17, 15) is 19.8 Å². The predicted molar refractivity (Wildman–Crippen MR) is 52.5 cm³/mol. The van der Waals surface area contributed by atoms with Crippen LogP contribution in [0.1, 0.15) is 6.92 Å². The normalized spacial score (nSPS) is 17.4. The van der Waals surface area contributed by atoms with Crippen molar-refractivity contribution in [2.24, 2.45) is 5.92 Å². The highest BCUT2D eigenvalue weighted by Crippen LogP contribution is 2.19. The Morgan fingerprint density at radius 2 is 1.47 bits per heavy atom. The highest BCUT2D eigenvalue weighted by atomic mass is 16.5. The van der Waals surface area contributed by atoms with Gasteiger partial charge in [-0.3, -0.25) is 9.59 Å². The molecule has 8 nitrogen and oxygen atoms in total. The summed E-state index contributed by atoms with van der Waals surface area (Å²) >= 11 is 0. The molecule has 0 saturated heterocycles. The van der Waals surface area contributed by atoms with Gasteiger partial charge in [-0.25, -0.2) is 0 Å². The lowest BCUT2D eigenvalue weighted by Gasteiger charge is -2.28. The minimum atomic E-state index is -3.23. The van der Waals surface area contributed by atoms with Crippen LogP contribution in [0, 0.1) is 5.92 Å². The molecule has 0 heterocycles. The van der Waals surface area contributed by atoms with E-state index < -0.39 is 48.7 Å². The van der Waals surface area contributed by atoms with Crippen molar-refractivity contribution in [3.63, 3.8) is 0 Å². The lowest BCUT2D eigenvalue weighted by Crippen LogP contribution is -2.54. The van der Waals surface area contributed by atoms with Gasteiger partial charge in [-0.15, -0.1) is 0 Å². The van der Waals surface area contributed by atoms with Crippen LogP contribution >= 0.6 is 0 Å². The summed E-state index contributed by atoms with van der Waals surface area (Å²) in [7, 11) is 0. The van der Waals surface area contributed by atoms with Crippen molar-refractivity contribution in [3.8, 4) is 0 Å². The van der Waals surface area contributed by atoms with E-state index in [1.54, 1.807) is 0 Å². The van der Waals surface area contributed by atoms with Crippen LogP contribution in [0.5, 0.6) is 0 Å². The monoisotopic (exact) mass is 252 g/mol. The Morgan fingerprint density at radius 1 is 1.06 bits per heavy atom. The summed E-state index contributed by atoms with van der Waals surface area (Å²) in [6, 6.07) is 0. The molecule has 0 radical (unpaired) electrons. The van der Waals surface area contributed by atoms with Crippen molar-refractivity contribution >= 4 is 11.6 Å². The van der Waals surface area contributed by atoms with Gasteiger partial charge in [-0.1, -0.05) is 0 Å². The molecule has 6 N–H and O–H groups in total. The van der Waals surface area contributed by atoms with Crippen LogP contribution in [0.25, 0.3) is 0 Å². The highest BCUT2D eigenvalue weighted by Gasteiger charge is 2.46. The summed E-state index contributed by atoms with van der Waals surface area (Å²) < 4.78 is 0. The second-order valence-electron chi connectivity index (χ2n) is 3.61. The zero-order chi connectivity index (χ0) is 13.8. The molecular weight excluding hydrogens is 236 g/mol. The Balaban J connectivity index is 4.93. The zero-order valence-electron chi connectivity index (χ0n) is 9.15. The minimum Gasteiger partial charge on any atom is -0.393 e. The number of hydrogen-bond acceptors (Lipinski definition) is 8. The Kier molecular flexibility index (Phi) is 5.82. The number of carbonyl (C=O) groups is 2. The lowest BCUT2D eigenvalue weighted by atomic mass is 9.88. The molecule has 0 aromatic heterocycles. The molecule has 0 spiro atoms. The summed E-state index contributed by atoms with van der Waals surface area (Å²) in [6.45, 7) is -1.04. The van der Waals surface area contributed by atoms with Crippen LogP contribution in [0.15, 0.2) is 0 Å². The topological polar surface area (TPSA) is 156 Å². The second-order valence-corrected chi connectivity index (χ2v) is 3.61. The Hall–Kier alpha value is -0.900. The quantitative estimate of drug-likeness (QED) is 0.251. The van der Waals surface area contributed by atoms with E-state index in [0.717, 1.165) is 6.92 Å². The minimum absolute atomic E-state index is 0.934. The molecule has 0 fully saturated rings. The molecule has 0 amide bonds. The van der Waals surface area contributed by atoms with Gasteiger partial charge in [0.1, 0.15) is 12.2 Å². The smallest absolute Gasteiger partial charge is 0.236 e.